The van der Waals surface area contributed by atoms with Crippen LogP contribution in [0.2, 0.25) is 5.02 Å². The fourth-order valence-electron chi connectivity index (χ4n) is 1.77. The Morgan fingerprint density at radius 1 is 1.24 bits per heavy atom. The maximum Gasteiger partial charge on any atom is 0.340 e. The maximum absolute atomic E-state index is 13.7. The molecule has 0 saturated carbocycles. The van der Waals surface area contributed by atoms with Crippen molar-refractivity contribution in [3.05, 3.63) is 64.2 Å². The van der Waals surface area contributed by atoms with Gasteiger partial charge in [0, 0.05) is 6.54 Å². The van der Waals surface area contributed by atoms with Crippen LogP contribution in [0.1, 0.15) is 15.9 Å². The van der Waals surface area contributed by atoms with Crippen molar-refractivity contribution in [1.82, 2.24) is 0 Å². The van der Waals surface area contributed by atoms with E-state index in [1.165, 1.54) is 37.4 Å². The molecule has 21 heavy (non-hydrogen) atoms. The highest BCUT2D eigenvalue weighted by Crippen LogP contribution is 2.23. The van der Waals surface area contributed by atoms with E-state index in [2.05, 4.69) is 10.1 Å². The van der Waals surface area contributed by atoms with E-state index < -0.39 is 17.6 Å². The van der Waals surface area contributed by atoms with E-state index in [0.29, 0.717) is 16.3 Å². The van der Waals surface area contributed by atoms with E-state index in [-0.39, 0.29) is 12.1 Å². The van der Waals surface area contributed by atoms with Crippen molar-refractivity contribution < 1.29 is 18.3 Å². The molecule has 0 aromatic heterocycles. The average Bonchev–Trinajstić information content (AvgIpc) is 2.47. The van der Waals surface area contributed by atoms with Crippen molar-refractivity contribution in [3.63, 3.8) is 0 Å². The van der Waals surface area contributed by atoms with E-state index in [1.54, 1.807) is 6.07 Å². The van der Waals surface area contributed by atoms with Crippen molar-refractivity contribution >= 4 is 23.3 Å². The first-order chi connectivity index (χ1) is 10.0. The number of nitrogens with one attached hydrogen (secondary N) is 1. The number of carbonyl (C=O) groups is 1. The summed E-state index contributed by atoms with van der Waals surface area (Å²) < 4.78 is 31.3. The van der Waals surface area contributed by atoms with Gasteiger partial charge in [-0.1, -0.05) is 17.7 Å². The van der Waals surface area contributed by atoms with Crippen molar-refractivity contribution in [1.29, 1.82) is 0 Å². The Hall–Kier alpha value is -2.14. The Kier molecular flexibility index (Phi) is 4.75. The smallest absolute Gasteiger partial charge is 0.340 e. The molecule has 0 aliphatic rings. The van der Waals surface area contributed by atoms with E-state index in [9.17, 15) is 13.6 Å². The molecular weight excluding hydrogens is 300 g/mol. The highest BCUT2D eigenvalue weighted by molar-refractivity contribution is 6.33. The zero-order valence-electron chi connectivity index (χ0n) is 11.1. The van der Waals surface area contributed by atoms with Crippen molar-refractivity contribution in [2.24, 2.45) is 0 Å². The molecule has 0 fully saturated rings. The van der Waals surface area contributed by atoms with Crippen LogP contribution in [0.4, 0.5) is 14.5 Å². The Balaban J connectivity index is 2.12. The molecule has 0 radical (unpaired) electrons. The number of hydrogen-bond donors (Lipinski definition) is 1. The molecular formula is C15H12ClF2NO2. The lowest BCUT2D eigenvalue weighted by atomic mass is 10.1. The molecule has 2 aromatic carbocycles. The number of esters is 1. The standard InChI is InChI=1S/C15H12ClF2NO2/c1-21-15(20)11-4-2-9(6-13(11)18)8-19-14-7-10(17)3-5-12(14)16/h2-7,19H,8H2,1H3. The van der Waals surface area contributed by atoms with Crippen molar-refractivity contribution in [3.8, 4) is 0 Å². The predicted molar refractivity (Wildman–Crippen MR) is 76.5 cm³/mol. The Bertz CT molecular complexity index is 677. The lowest BCUT2D eigenvalue weighted by Crippen LogP contribution is -2.06. The molecule has 0 spiro atoms. The van der Waals surface area contributed by atoms with Crippen LogP contribution in [0.15, 0.2) is 36.4 Å². The Morgan fingerprint density at radius 3 is 2.67 bits per heavy atom. The van der Waals surface area contributed by atoms with E-state index in [1.807, 2.05) is 0 Å². The second-order valence-corrected chi connectivity index (χ2v) is 4.69. The van der Waals surface area contributed by atoms with Gasteiger partial charge < -0.3 is 10.1 Å². The summed E-state index contributed by atoms with van der Waals surface area (Å²) in [7, 11) is 1.18. The lowest BCUT2D eigenvalue weighted by molar-refractivity contribution is 0.0595. The Labute approximate surface area is 125 Å². The normalized spacial score (nSPS) is 10.3. The summed E-state index contributed by atoms with van der Waals surface area (Å²) in [4.78, 5) is 11.3. The minimum atomic E-state index is -0.736. The van der Waals surface area contributed by atoms with Crippen LogP contribution in [-0.4, -0.2) is 13.1 Å². The van der Waals surface area contributed by atoms with E-state index in [0.717, 1.165) is 0 Å². The van der Waals surface area contributed by atoms with Gasteiger partial charge in [0.15, 0.2) is 0 Å². The van der Waals surface area contributed by atoms with Gasteiger partial charge in [-0.25, -0.2) is 13.6 Å². The second-order valence-electron chi connectivity index (χ2n) is 4.28. The molecule has 2 rings (SSSR count). The van der Waals surface area contributed by atoms with Crippen LogP contribution >= 0.6 is 11.6 Å². The largest absolute Gasteiger partial charge is 0.465 e. The van der Waals surface area contributed by atoms with Gasteiger partial charge in [0.1, 0.15) is 11.6 Å². The molecule has 0 saturated heterocycles. The fourth-order valence-corrected chi connectivity index (χ4v) is 1.96. The maximum atomic E-state index is 13.7. The molecule has 0 bridgehead atoms. The molecule has 2 aromatic rings. The van der Waals surface area contributed by atoms with Gasteiger partial charge in [0.2, 0.25) is 0 Å². The number of rotatable bonds is 4. The molecule has 1 N–H and O–H groups in total. The molecule has 3 nitrogen and oxygen atoms in total. The molecule has 0 unspecified atom stereocenters. The lowest BCUT2D eigenvalue weighted by Gasteiger charge is -2.09. The van der Waals surface area contributed by atoms with Gasteiger partial charge in [-0.15, -0.1) is 0 Å². The first-order valence-corrected chi connectivity index (χ1v) is 6.44. The molecule has 0 aliphatic carbocycles. The zero-order valence-corrected chi connectivity index (χ0v) is 11.9. The predicted octanol–water partition coefficient (Wildman–Crippen LogP) is 4.02. The van der Waals surface area contributed by atoms with E-state index in [4.69, 9.17) is 11.6 Å². The summed E-state index contributed by atoms with van der Waals surface area (Å²) in [5.41, 5.74) is 0.861. The van der Waals surface area contributed by atoms with Crippen LogP contribution in [0, 0.1) is 11.6 Å². The fraction of sp³-hybridized carbons (Fsp3) is 0.133. The molecule has 0 heterocycles. The third-order valence-corrected chi connectivity index (χ3v) is 3.18. The summed E-state index contributed by atoms with van der Waals surface area (Å²) in [5, 5.41) is 3.27. The molecule has 0 amide bonds. The zero-order chi connectivity index (χ0) is 15.4. The molecule has 0 aliphatic heterocycles. The molecule has 6 heteroatoms. The summed E-state index contributed by atoms with van der Waals surface area (Å²) in [6.07, 6.45) is 0. The van der Waals surface area contributed by atoms with E-state index >= 15 is 0 Å². The van der Waals surface area contributed by atoms with Crippen LogP contribution in [0.3, 0.4) is 0 Å². The summed E-state index contributed by atoms with van der Waals surface area (Å²) >= 11 is 5.91. The second kappa shape index (κ2) is 6.54. The quantitative estimate of drug-likeness (QED) is 0.867. The molecule has 110 valence electrons. The third-order valence-electron chi connectivity index (χ3n) is 2.85. The van der Waals surface area contributed by atoms with Crippen molar-refractivity contribution in [2.75, 3.05) is 12.4 Å². The summed E-state index contributed by atoms with van der Waals surface area (Å²) in [5.74, 6) is -1.83. The number of ether oxygens (including phenoxy) is 1. The van der Waals surface area contributed by atoms with Crippen LogP contribution in [-0.2, 0) is 11.3 Å². The minimum Gasteiger partial charge on any atom is -0.465 e. The summed E-state index contributed by atoms with van der Waals surface area (Å²) in [6.45, 7) is 0.238. The number of methoxy groups -OCH3 is 1. The van der Waals surface area contributed by atoms with Gasteiger partial charge in [-0.3, -0.25) is 0 Å². The Morgan fingerprint density at radius 2 is 2.00 bits per heavy atom. The van der Waals surface area contributed by atoms with Crippen LogP contribution < -0.4 is 5.32 Å². The monoisotopic (exact) mass is 311 g/mol. The first-order valence-electron chi connectivity index (χ1n) is 6.07. The van der Waals surface area contributed by atoms with Gasteiger partial charge in [0.25, 0.3) is 0 Å². The highest BCUT2D eigenvalue weighted by atomic mass is 35.5. The van der Waals surface area contributed by atoms with Gasteiger partial charge in [-0.05, 0) is 35.9 Å². The van der Waals surface area contributed by atoms with Crippen LogP contribution in [0.25, 0.3) is 0 Å². The average molecular weight is 312 g/mol. The highest BCUT2D eigenvalue weighted by Gasteiger charge is 2.12. The number of benzene rings is 2. The third kappa shape index (κ3) is 3.70. The first kappa shape index (κ1) is 15.3. The topological polar surface area (TPSA) is 38.3 Å². The number of anilines is 1. The van der Waals surface area contributed by atoms with Gasteiger partial charge in [0.05, 0.1) is 23.4 Å². The molecule has 0 atom stereocenters. The van der Waals surface area contributed by atoms with Crippen molar-refractivity contribution in [2.45, 2.75) is 6.54 Å². The van der Waals surface area contributed by atoms with Gasteiger partial charge in [-0.2, -0.15) is 0 Å². The summed E-state index contributed by atoms with van der Waals surface area (Å²) in [6, 6.07) is 8.06. The number of carbonyl (C=O) groups excluding carboxylic acids is 1. The number of hydrogen-bond acceptors (Lipinski definition) is 3. The minimum absolute atomic E-state index is 0.134. The van der Waals surface area contributed by atoms with Crippen LogP contribution in [0.5, 0.6) is 0 Å². The number of halogens is 3. The SMILES string of the molecule is COC(=O)c1ccc(CNc2cc(F)ccc2Cl)cc1F. The van der Waals surface area contributed by atoms with Gasteiger partial charge >= 0.3 is 5.97 Å².